The average molecular weight is 380 g/mol. The van der Waals surface area contributed by atoms with Crippen LogP contribution in [0.15, 0.2) is 11.6 Å². The fourth-order valence-corrected chi connectivity index (χ4v) is 7.12. The van der Waals surface area contributed by atoms with Crippen LogP contribution < -0.4 is 5.49 Å². The van der Waals surface area contributed by atoms with E-state index >= 15 is 0 Å². The highest BCUT2D eigenvalue weighted by atomic mass is 16.5. The van der Waals surface area contributed by atoms with Crippen molar-refractivity contribution in [2.75, 3.05) is 0 Å². The van der Waals surface area contributed by atoms with Crippen LogP contribution >= 0.6 is 0 Å². The summed E-state index contributed by atoms with van der Waals surface area (Å²) in [5.74, 6) is 1.46. The van der Waals surface area contributed by atoms with Gasteiger partial charge in [0.15, 0.2) is 11.2 Å². The monoisotopic (exact) mass is 380 g/mol. The van der Waals surface area contributed by atoms with E-state index in [9.17, 15) is 15.6 Å². The first-order chi connectivity index (χ1) is 13.3. The summed E-state index contributed by atoms with van der Waals surface area (Å²) < 4.78 is 0.905. The quantitative estimate of drug-likeness (QED) is 0.475. The first kappa shape index (κ1) is 17.9. The minimum atomic E-state index is -0.209. The van der Waals surface area contributed by atoms with Gasteiger partial charge in [0.1, 0.15) is 6.07 Å². The number of aromatic nitrogens is 2. The summed E-state index contributed by atoms with van der Waals surface area (Å²) in [6.07, 6.45) is 8.76. The summed E-state index contributed by atoms with van der Waals surface area (Å²) in [6, 6.07) is 1.97. The van der Waals surface area contributed by atoms with Gasteiger partial charge in [-0.25, -0.2) is 4.98 Å². The number of nitrogens with one attached hydrogen (secondary N) is 1. The Morgan fingerprint density at radius 2 is 1.96 bits per heavy atom. The second-order valence-electron chi connectivity index (χ2n) is 9.84. The molecular formula is C22H28N4O2. The first-order valence-electron chi connectivity index (χ1n) is 10.5. The number of fused-ring (bicyclic) bond motifs is 7. The lowest BCUT2D eigenvalue weighted by Gasteiger charge is -2.57. The SMILES string of the molecule is C[C@]12CC[C@H](O)CC1=CC[C@H]1[C@@H]2CC[C@]2(C)c3nc(C#N)c(=N)n(O)c3C[C@@H]12. The van der Waals surface area contributed by atoms with E-state index in [4.69, 9.17) is 5.41 Å². The predicted octanol–water partition coefficient (Wildman–Crippen LogP) is 2.81. The molecule has 4 aliphatic carbocycles. The van der Waals surface area contributed by atoms with E-state index in [0.29, 0.717) is 17.8 Å². The maximum Gasteiger partial charge on any atom is 0.197 e. The average Bonchev–Trinajstić information content (AvgIpc) is 2.98. The topological polar surface area (TPSA) is 106 Å². The summed E-state index contributed by atoms with van der Waals surface area (Å²) >= 11 is 0. The summed E-state index contributed by atoms with van der Waals surface area (Å²) in [4.78, 5) is 4.56. The molecule has 0 aliphatic heterocycles. The van der Waals surface area contributed by atoms with Gasteiger partial charge in [0, 0.05) is 5.41 Å². The Labute approximate surface area is 165 Å². The molecule has 1 aromatic heterocycles. The Morgan fingerprint density at radius 3 is 2.71 bits per heavy atom. The summed E-state index contributed by atoms with van der Waals surface area (Å²) in [5, 5.41) is 38.1. The highest BCUT2D eigenvalue weighted by Crippen LogP contribution is 2.63. The first-order valence-corrected chi connectivity index (χ1v) is 10.5. The minimum absolute atomic E-state index is 0.00399. The van der Waals surface area contributed by atoms with Crippen LogP contribution in [0.3, 0.4) is 0 Å². The Balaban J connectivity index is 1.58. The predicted molar refractivity (Wildman–Crippen MR) is 101 cm³/mol. The van der Waals surface area contributed by atoms with Crippen LogP contribution in [0.2, 0.25) is 0 Å². The molecule has 6 heteroatoms. The zero-order valence-electron chi connectivity index (χ0n) is 16.6. The van der Waals surface area contributed by atoms with Crippen molar-refractivity contribution < 1.29 is 10.3 Å². The lowest BCUT2D eigenvalue weighted by Crippen LogP contribution is -2.51. The van der Waals surface area contributed by atoms with E-state index in [1.54, 1.807) is 0 Å². The van der Waals surface area contributed by atoms with E-state index in [0.717, 1.165) is 61.1 Å². The van der Waals surface area contributed by atoms with E-state index < -0.39 is 0 Å². The van der Waals surface area contributed by atoms with E-state index in [1.165, 1.54) is 5.57 Å². The highest BCUT2D eigenvalue weighted by Gasteiger charge is 2.58. The molecule has 6 atom stereocenters. The number of hydrogen-bond donors (Lipinski definition) is 3. The smallest absolute Gasteiger partial charge is 0.197 e. The zero-order valence-corrected chi connectivity index (χ0v) is 16.6. The third kappa shape index (κ3) is 2.11. The highest BCUT2D eigenvalue weighted by molar-refractivity contribution is 5.37. The minimum Gasteiger partial charge on any atom is -0.427 e. The molecule has 0 spiro atoms. The normalized spacial score (nSPS) is 41.1. The third-order valence-electron chi connectivity index (χ3n) is 8.72. The van der Waals surface area contributed by atoms with Gasteiger partial charge in [-0.05, 0) is 68.1 Å². The van der Waals surface area contributed by atoms with Crippen molar-refractivity contribution in [3.8, 4) is 6.07 Å². The van der Waals surface area contributed by atoms with Crippen molar-refractivity contribution in [1.82, 2.24) is 9.71 Å². The number of nitriles is 1. The number of hydrogen-bond acceptors (Lipinski definition) is 5. The van der Waals surface area contributed by atoms with Crippen LogP contribution in [0.5, 0.6) is 0 Å². The molecule has 0 unspecified atom stereocenters. The second kappa shape index (κ2) is 5.70. The Hall–Kier alpha value is -2.13. The zero-order chi connectivity index (χ0) is 19.8. The number of nitrogens with zero attached hydrogens (tertiary/aromatic N) is 3. The number of allylic oxidation sites excluding steroid dienone is 1. The van der Waals surface area contributed by atoms with Crippen LogP contribution in [-0.2, 0) is 11.8 Å². The molecular weight excluding hydrogens is 352 g/mol. The van der Waals surface area contributed by atoms with Crippen LogP contribution in [0.25, 0.3) is 0 Å². The van der Waals surface area contributed by atoms with Gasteiger partial charge < -0.3 is 10.3 Å². The standard InChI is InChI=1S/C22H28N4O2/c1-21-7-5-13(27)9-12(21)3-4-14-15(21)6-8-22(2)16(14)10-18-19(22)25-17(11-23)20(24)26(18)28/h3,13-16,24,27-28H,4-10H2,1-2H3/t13-,14-,15-,16-,21-,22-/m0/s1. The van der Waals surface area contributed by atoms with Crippen LogP contribution in [-0.4, -0.2) is 26.1 Å². The van der Waals surface area contributed by atoms with Crippen molar-refractivity contribution in [1.29, 1.82) is 10.7 Å². The summed E-state index contributed by atoms with van der Waals surface area (Å²) in [5.41, 5.74) is 2.79. The lowest BCUT2D eigenvalue weighted by molar-refractivity contribution is -0.0172. The van der Waals surface area contributed by atoms with E-state index in [1.807, 2.05) is 6.07 Å². The van der Waals surface area contributed by atoms with Crippen molar-refractivity contribution in [2.24, 2.45) is 23.2 Å². The molecule has 148 valence electrons. The molecule has 2 saturated carbocycles. The fourth-order valence-electron chi connectivity index (χ4n) is 7.12. The number of aliphatic hydroxyl groups is 1. The van der Waals surface area contributed by atoms with Gasteiger partial charge in [-0.15, -0.1) is 0 Å². The van der Waals surface area contributed by atoms with Gasteiger partial charge in [0.05, 0.1) is 17.5 Å². The molecule has 4 aliphatic rings. The Bertz CT molecular complexity index is 989. The van der Waals surface area contributed by atoms with Crippen molar-refractivity contribution in [2.45, 2.75) is 70.3 Å². The van der Waals surface area contributed by atoms with Crippen LogP contribution in [0.1, 0.15) is 69.5 Å². The largest absolute Gasteiger partial charge is 0.427 e. The van der Waals surface area contributed by atoms with Crippen LogP contribution in [0.4, 0.5) is 0 Å². The molecule has 1 heterocycles. The maximum absolute atomic E-state index is 10.6. The molecule has 3 N–H and O–H groups in total. The Kier molecular flexibility index (Phi) is 3.65. The molecule has 0 radical (unpaired) electrons. The molecule has 5 rings (SSSR count). The molecule has 1 aromatic rings. The van der Waals surface area contributed by atoms with Crippen LogP contribution in [0, 0.1) is 39.9 Å². The van der Waals surface area contributed by atoms with Gasteiger partial charge in [-0.2, -0.15) is 9.99 Å². The molecule has 0 bridgehead atoms. The molecule has 0 amide bonds. The van der Waals surface area contributed by atoms with E-state index in [-0.39, 0.29) is 28.1 Å². The van der Waals surface area contributed by atoms with Gasteiger partial charge in [-0.3, -0.25) is 5.41 Å². The molecule has 0 aromatic carbocycles. The summed E-state index contributed by atoms with van der Waals surface area (Å²) in [6.45, 7) is 4.64. The summed E-state index contributed by atoms with van der Waals surface area (Å²) in [7, 11) is 0. The van der Waals surface area contributed by atoms with Crippen molar-refractivity contribution in [3.63, 3.8) is 0 Å². The van der Waals surface area contributed by atoms with Crippen molar-refractivity contribution in [3.05, 3.63) is 34.2 Å². The van der Waals surface area contributed by atoms with E-state index in [2.05, 4.69) is 24.9 Å². The van der Waals surface area contributed by atoms with Gasteiger partial charge >= 0.3 is 0 Å². The number of aliphatic hydroxyl groups excluding tert-OH is 1. The van der Waals surface area contributed by atoms with Gasteiger partial charge in [0.25, 0.3) is 0 Å². The second-order valence-corrected chi connectivity index (χ2v) is 9.84. The fraction of sp³-hybridized carbons (Fsp3) is 0.682. The van der Waals surface area contributed by atoms with Gasteiger partial charge in [0.2, 0.25) is 0 Å². The lowest BCUT2D eigenvalue weighted by atomic mass is 9.48. The third-order valence-corrected chi connectivity index (χ3v) is 8.72. The maximum atomic E-state index is 10.6. The molecule has 6 nitrogen and oxygen atoms in total. The van der Waals surface area contributed by atoms with Crippen molar-refractivity contribution >= 4 is 0 Å². The molecule has 0 saturated heterocycles. The Morgan fingerprint density at radius 1 is 1.21 bits per heavy atom. The van der Waals surface area contributed by atoms with Gasteiger partial charge in [-0.1, -0.05) is 25.5 Å². The molecule has 28 heavy (non-hydrogen) atoms. The number of rotatable bonds is 0. The molecule has 2 fully saturated rings.